The molecule has 0 amide bonds. The second-order valence-corrected chi connectivity index (χ2v) is 18.7. The Morgan fingerprint density at radius 1 is 0.483 bits per heavy atom. The summed E-state index contributed by atoms with van der Waals surface area (Å²) in [5.74, 6) is 0.757. The number of hydrogen-bond donors (Lipinski definition) is 4. The van der Waals surface area contributed by atoms with Crippen LogP contribution in [0.4, 0.5) is 0 Å². The van der Waals surface area contributed by atoms with Crippen LogP contribution in [0.2, 0.25) is 0 Å². The number of rotatable bonds is 16. The molecule has 11 heteroatoms. The van der Waals surface area contributed by atoms with E-state index in [1.165, 1.54) is 208 Å². The van der Waals surface area contributed by atoms with Gasteiger partial charge in [0.2, 0.25) is 0 Å². The van der Waals surface area contributed by atoms with Crippen molar-refractivity contribution in [3.05, 3.63) is 34.9 Å². The van der Waals surface area contributed by atoms with Crippen LogP contribution in [0.1, 0.15) is 80.9 Å². The molecule has 1 atom stereocenters. The summed E-state index contributed by atoms with van der Waals surface area (Å²) in [6.45, 7) is 33.2. The summed E-state index contributed by atoms with van der Waals surface area (Å²) in [5, 5.41) is 11.1. The molecule has 0 aromatic heterocycles. The van der Waals surface area contributed by atoms with E-state index < -0.39 is 0 Å². The average molecular weight is 808 g/mol. The summed E-state index contributed by atoms with van der Waals surface area (Å²) in [6.07, 6.45) is 15.5. The van der Waals surface area contributed by atoms with Gasteiger partial charge in [0.05, 0.1) is 0 Å². The van der Waals surface area contributed by atoms with Crippen molar-refractivity contribution >= 4 is 0 Å². The van der Waals surface area contributed by atoms with E-state index in [0.717, 1.165) is 58.3 Å². The van der Waals surface area contributed by atoms with Crippen molar-refractivity contribution in [3.8, 4) is 0 Å². The molecule has 0 spiro atoms. The minimum absolute atomic E-state index is 0.734. The third-order valence-electron chi connectivity index (χ3n) is 14.1. The largest absolute Gasteiger partial charge is 0.329 e. The molecule has 1 unspecified atom stereocenters. The maximum absolute atomic E-state index is 5.62. The van der Waals surface area contributed by atoms with Gasteiger partial charge in [0.25, 0.3) is 0 Å². The van der Waals surface area contributed by atoms with Gasteiger partial charge in [-0.2, -0.15) is 0 Å². The number of benzene rings is 1. The van der Waals surface area contributed by atoms with Gasteiger partial charge in [-0.3, -0.25) is 4.90 Å². The van der Waals surface area contributed by atoms with Gasteiger partial charge in [-0.25, -0.2) is 0 Å². The molecule has 7 fully saturated rings. The Hall–Kier alpha value is -1.22. The molecule has 8 rings (SSSR count). The third kappa shape index (κ3) is 18.0. The lowest BCUT2D eigenvalue weighted by molar-refractivity contribution is 0.123. The fourth-order valence-electron chi connectivity index (χ4n) is 10.4. The van der Waals surface area contributed by atoms with Crippen LogP contribution < -0.4 is 21.7 Å². The number of aryl methyl sites for hydroxylation is 1. The Labute approximate surface area is 356 Å². The van der Waals surface area contributed by atoms with Crippen molar-refractivity contribution in [3.63, 3.8) is 0 Å². The molecule has 11 nitrogen and oxygen atoms in total. The Balaban J connectivity index is 1.03. The normalized spacial score (nSPS) is 28.6. The number of nitrogens with two attached hydrogens (primary N) is 1. The SMILES string of the molecule is NCCNCCCN1CCN(CCCCCc2cc(CC3CCCN4CCN(CCCNCC3)CC4)cc(CN3CCCN4CCN(CCCNCC3)CC4)c2)CC1. The van der Waals surface area contributed by atoms with Crippen LogP contribution in [-0.2, 0) is 19.4 Å². The van der Waals surface area contributed by atoms with Crippen molar-refractivity contribution in [2.24, 2.45) is 11.7 Å². The quantitative estimate of drug-likeness (QED) is 0.186. The summed E-state index contributed by atoms with van der Waals surface area (Å²) in [5.41, 5.74) is 10.4. The Bertz CT molecular complexity index is 1120. The Kier molecular flexibility index (Phi) is 22.1. The van der Waals surface area contributed by atoms with Crippen LogP contribution in [0.25, 0.3) is 0 Å². The van der Waals surface area contributed by atoms with Crippen LogP contribution in [-0.4, -0.2) is 211 Å². The van der Waals surface area contributed by atoms with Gasteiger partial charge in [-0.05, 0) is 165 Å². The lowest BCUT2D eigenvalue weighted by Crippen LogP contribution is -2.47. The Morgan fingerprint density at radius 2 is 1.07 bits per heavy atom. The van der Waals surface area contributed by atoms with Gasteiger partial charge >= 0.3 is 0 Å². The second kappa shape index (κ2) is 27.7. The zero-order valence-corrected chi connectivity index (χ0v) is 37.3. The standard InChI is InChI=1S/C47H89N11/c48-12-17-50-14-6-22-55-31-27-52(28-32-55)19-3-1-2-9-45-40-46(39-44-10-4-20-53-29-33-54(34-30-53)21-5-13-49-16-11-44)42-47(41-45)43-58-25-8-24-57-37-35-56(36-38-57)23-7-15-51-18-26-58/h40-42,44,49-51H,1-39,43,48H2. The number of fused-ring (bicyclic) bond motifs is 22. The van der Waals surface area contributed by atoms with Crippen molar-refractivity contribution in [1.82, 2.24) is 50.2 Å². The predicted molar refractivity (Wildman–Crippen MR) is 245 cm³/mol. The smallest absolute Gasteiger partial charge is 0.0234 e. The average Bonchev–Trinajstić information content (AvgIpc) is 3.24. The van der Waals surface area contributed by atoms with Crippen LogP contribution in [0.5, 0.6) is 0 Å². The van der Waals surface area contributed by atoms with Gasteiger partial charge in [-0.1, -0.05) is 24.6 Å². The fourth-order valence-corrected chi connectivity index (χ4v) is 10.4. The van der Waals surface area contributed by atoms with Crippen LogP contribution in [0, 0.1) is 5.92 Å². The van der Waals surface area contributed by atoms with E-state index in [0.29, 0.717) is 0 Å². The molecule has 7 saturated heterocycles. The van der Waals surface area contributed by atoms with Crippen molar-refractivity contribution in [2.45, 2.75) is 83.6 Å². The molecule has 7 aliphatic rings. The van der Waals surface area contributed by atoms with E-state index in [2.05, 4.69) is 68.4 Å². The van der Waals surface area contributed by atoms with Crippen molar-refractivity contribution in [2.75, 3.05) is 177 Å². The molecular formula is C47H89N11. The molecule has 332 valence electrons. The molecule has 0 saturated carbocycles. The molecule has 58 heavy (non-hydrogen) atoms. The number of piperazine rings is 3. The first kappa shape index (κ1) is 46.3. The molecule has 5 N–H and O–H groups in total. The zero-order valence-electron chi connectivity index (χ0n) is 37.3. The lowest BCUT2D eigenvalue weighted by atomic mass is 9.89. The van der Waals surface area contributed by atoms with Crippen LogP contribution >= 0.6 is 0 Å². The van der Waals surface area contributed by atoms with Crippen molar-refractivity contribution < 1.29 is 0 Å². The first-order chi connectivity index (χ1) is 28.7. The highest BCUT2D eigenvalue weighted by Crippen LogP contribution is 2.23. The predicted octanol–water partition coefficient (Wildman–Crippen LogP) is 2.70. The van der Waals surface area contributed by atoms with Crippen LogP contribution in [0.15, 0.2) is 18.2 Å². The topological polar surface area (TPSA) is 84.8 Å². The molecule has 4 bridgehead atoms. The summed E-state index contributed by atoms with van der Waals surface area (Å²) in [4.78, 5) is 19.0. The van der Waals surface area contributed by atoms with Gasteiger partial charge in [0.1, 0.15) is 0 Å². The molecule has 0 radical (unpaired) electrons. The van der Waals surface area contributed by atoms with E-state index in [-0.39, 0.29) is 0 Å². The third-order valence-corrected chi connectivity index (χ3v) is 14.1. The number of nitrogens with one attached hydrogen (secondary N) is 3. The monoisotopic (exact) mass is 808 g/mol. The molecule has 7 heterocycles. The Morgan fingerprint density at radius 3 is 1.74 bits per heavy atom. The van der Waals surface area contributed by atoms with Gasteiger partial charge < -0.3 is 51.1 Å². The fraction of sp³-hybridized carbons (Fsp3) is 0.872. The molecular weight excluding hydrogens is 719 g/mol. The highest BCUT2D eigenvalue weighted by molar-refractivity contribution is 5.31. The van der Waals surface area contributed by atoms with Crippen molar-refractivity contribution in [1.29, 1.82) is 0 Å². The van der Waals surface area contributed by atoms with E-state index in [9.17, 15) is 0 Å². The second-order valence-electron chi connectivity index (χ2n) is 18.7. The molecule has 0 aliphatic carbocycles. The number of unbranched alkanes of at least 4 members (excludes halogenated alkanes) is 2. The van der Waals surface area contributed by atoms with E-state index in [1.54, 1.807) is 16.7 Å². The lowest BCUT2D eigenvalue weighted by Gasteiger charge is -2.35. The van der Waals surface area contributed by atoms with E-state index in [4.69, 9.17) is 5.73 Å². The maximum Gasteiger partial charge on any atom is 0.0234 e. The summed E-state index contributed by atoms with van der Waals surface area (Å²) in [6, 6.07) is 7.88. The molecule has 1 aromatic rings. The number of hydrogen-bond acceptors (Lipinski definition) is 11. The van der Waals surface area contributed by atoms with E-state index >= 15 is 0 Å². The summed E-state index contributed by atoms with van der Waals surface area (Å²) in [7, 11) is 0. The highest BCUT2D eigenvalue weighted by atomic mass is 15.3. The first-order valence-electron chi connectivity index (χ1n) is 24.7. The number of nitrogens with zero attached hydrogens (tertiary/aromatic N) is 7. The molecule has 7 aliphatic heterocycles. The van der Waals surface area contributed by atoms with Gasteiger partial charge in [0.15, 0.2) is 0 Å². The van der Waals surface area contributed by atoms with Gasteiger partial charge in [-0.15, -0.1) is 0 Å². The van der Waals surface area contributed by atoms with Crippen LogP contribution in [0.3, 0.4) is 0 Å². The summed E-state index contributed by atoms with van der Waals surface area (Å²) < 4.78 is 0. The zero-order chi connectivity index (χ0) is 39.9. The van der Waals surface area contributed by atoms with E-state index in [1.807, 2.05) is 0 Å². The molecule has 1 aromatic carbocycles. The highest BCUT2D eigenvalue weighted by Gasteiger charge is 2.21. The minimum Gasteiger partial charge on any atom is -0.329 e. The van der Waals surface area contributed by atoms with Gasteiger partial charge in [0, 0.05) is 111 Å². The maximum atomic E-state index is 5.62. The minimum atomic E-state index is 0.734. The first-order valence-corrected chi connectivity index (χ1v) is 24.7. The summed E-state index contributed by atoms with van der Waals surface area (Å²) >= 11 is 0.